The molecule has 1 N–H and O–H groups in total. The lowest BCUT2D eigenvalue weighted by Gasteiger charge is -2.30. The Bertz CT molecular complexity index is 1670. The third kappa shape index (κ3) is 4.52. The fraction of sp³-hybridized carbons (Fsp3) is 0.148. The summed E-state index contributed by atoms with van der Waals surface area (Å²) in [6.07, 6.45) is 0. The molecule has 3 atom stereocenters. The third-order valence-corrected chi connectivity index (χ3v) is 9.36. The molecule has 3 aromatic carbocycles. The SMILES string of the molecule is O=C1C2Sc3[nH]c(=O)sc3[C@H](c3ccccc3OCc3ccc(Cl)cc3)C2C(=O)N1c1ccc([N+](=O)[O-])cc1. The number of nitro groups is 1. The number of thioether (sulfide) groups is 1. The first kappa shape index (κ1) is 25.4. The van der Waals surface area contributed by atoms with Gasteiger partial charge in [0.15, 0.2) is 0 Å². The number of para-hydroxylation sites is 1. The number of benzene rings is 3. The molecule has 196 valence electrons. The van der Waals surface area contributed by atoms with E-state index < -0.39 is 33.8 Å². The van der Waals surface area contributed by atoms with Crippen LogP contribution in [-0.4, -0.2) is 27.0 Å². The van der Waals surface area contributed by atoms with Gasteiger partial charge in [0.25, 0.3) is 5.69 Å². The van der Waals surface area contributed by atoms with E-state index in [4.69, 9.17) is 16.3 Å². The molecule has 2 unspecified atom stereocenters. The number of non-ortho nitro benzene ring substituents is 1. The van der Waals surface area contributed by atoms with E-state index in [2.05, 4.69) is 4.98 Å². The van der Waals surface area contributed by atoms with Crippen LogP contribution in [0.25, 0.3) is 0 Å². The maximum atomic E-state index is 13.9. The quantitative estimate of drug-likeness (QED) is 0.185. The van der Waals surface area contributed by atoms with Crippen LogP contribution in [0.2, 0.25) is 5.02 Å². The maximum absolute atomic E-state index is 13.9. The largest absolute Gasteiger partial charge is 0.489 e. The van der Waals surface area contributed by atoms with Gasteiger partial charge in [-0.1, -0.05) is 65.0 Å². The molecule has 0 radical (unpaired) electrons. The van der Waals surface area contributed by atoms with Gasteiger partial charge >= 0.3 is 4.87 Å². The van der Waals surface area contributed by atoms with Gasteiger partial charge in [-0.15, -0.1) is 0 Å². The summed E-state index contributed by atoms with van der Waals surface area (Å²) >= 11 is 8.17. The summed E-state index contributed by atoms with van der Waals surface area (Å²) in [6, 6.07) is 19.9. The summed E-state index contributed by atoms with van der Waals surface area (Å²) in [6.45, 7) is 0.252. The number of nitro benzene ring substituents is 1. The molecule has 2 aliphatic heterocycles. The summed E-state index contributed by atoms with van der Waals surface area (Å²) in [7, 11) is 0. The molecule has 2 aliphatic rings. The number of carbonyl (C=O) groups excluding carboxylic acids is 2. The number of aromatic nitrogens is 1. The second-order valence-corrected chi connectivity index (χ2v) is 11.6. The number of aromatic amines is 1. The average molecular weight is 580 g/mol. The minimum absolute atomic E-state index is 0.144. The number of anilines is 1. The van der Waals surface area contributed by atoms with Crippen molar-refractivity contribution in [3.05, 3.63) is 114 Å². The van der Waals surface area contributed by atoms with E-state index in [0.717, 1.165) is 33.6 Å². The van der Waals surface area contributed by atoms with Gasteiger partial charge in [-0.3, -0.25) is 24.5 Å². The van der Waals surface area contributed by atoms with Crippen LogP contribution in [0.15, 0.2) is 82.6 Å². The predicted octanol–water partition coefficient (Wildman–Crippen LogP) is 5.37. The topological polar surface area (TPSA) is 123 Å². The van der Waals surface area contributed by atoms with E-state index in [1.165, 1.54) is 24.3 Å². The average Bonchev–Trinajstić information content (AvgIpc) is 3.43. The summed E-state index contributed by atoms with van der Waals surface area (Å²) in [4.78, 5) is 54.7. The van der Waals surface area contributed by atoms with Crippen molar-refractivity contribution < 1.29 is 19.2 Å². The van der Waals surface area contributed by atoms with Crippen molar-refractivity contribution in [1.29, 1.82) is 0 Å². The van der Waals surface area contributed by atoms with Gasteiger partial charge in [-0.2, -0.15) is 0 Å². The first-order valence-electron chi connectivity index (χ1n) is 11.8. The number of hydrogen-bond acceptors (Lipinski definition) is 8. The number of nitrogens with one attached hydrogen (secondary N) is 1. The number of halogens is 1. The molecule has 9 nitrogen and oxygen atoms in total. The van der Waals surface area contributed by atoms with Gasteiger partial charge in [0.05, 0.1) is 21.6 Å². The number of rotatable bonds is 6. The van der Waals surface area contributed by atoms with Crippen molar-refractivity contribution in [1.82, 2.24) is 4.98 Å². The van der Waals surface area contributed by atoms with Crippen LogP contribution in [0.1, 0.15) is 21.9 Å². The third-order valence-electron chi connectivity index (χ3n) is 6.70. The van der Waals surface area contributed by atoms with Crippen LogP contribution in [-0.2, 0) is 16.2 Å². The van der Waals surface area contributed by atoms with Gasteiger partial charge in [0, 0.05) is 33.5 Å². The van der Waals surface area contributed by atoms with E-state index in [1.54, 1.807) is 18.2 Å². The number of fused-ring (bicyclic) bond motifs is 2. The highest BCUT2D eigenvalue weighted by Crippen LogP contribution is 2.54. The Kier molecular flexibility index (Phi) is 6.49. The minimum atomic E-state index is -0.808. The van der Waals surface area contributed by atoms with Crippen molar-refractivity contribution >= 4 is 57.9 Å². The molecular weight excluding hydrogens is 562 g/mol. The first-order valence-corrected chi connectivity index (χ1v) is 13.9. The molecule has 4 aromatic rings. The number of imide groups is 1. The van der Waals surface area contributed by atoms with Crippen LogP contribution in [0, 0.1) is 16.0 Å². The standard InChI is InChI=1S/C27H18ClN3O6S2/c28-15-7-5-14(6-8-15)13-37-19-4-2-1-3-18(19)20-21-23(38-24-22(20)39-27(34)29-24)26(33)30(25(21)32)16-9-11-17(12-10-16)31(35)36/h1-12,20-21,23H,13H2,(H,29,34)/t20-,21?,23?/m1/s1. The molecule has 1 aromatic heterocycles. The highest BCUT2D eigenvalue weighted by Gasteiger charge is 2.56. The van der Waals surface area contributed by atoms with E-state index >= 15 is 0 Å². The van der Waals surface area contributed by atoms with Gasteiger partial charge in [-0.25, -0.2) is 4.90 Å². The summed E-state index contributed by atoms with van der Waals surface area (Å²) in [5.41, 5.74) is 1.70. The zero-order chi connectivity index (χ0) is 27.3. The second kappa shape index (κ2) is 9.99. The molecule has 0 saturated carbocycles. The number of carbonyl (C=O) groups is 2. The number of H-pyrrole nitrogens is 1. The summed E-state index contributed by atoms with van der Waals surface area (Å²) < 4.78 is 6.19. The van der Waals surface area contributed by atoms with Gasteiger partial charge in [-0.05, 0) is 35.9 Å². The smallest absolute Gasteiger partial charge is 0.305 e. The molecule has 1 saturated heterocycles. The lowest BCUT2D eigenvalue weighted by atomic mass is 9.82. The number of amides is 2. The molecule has 12 heteroatoms. The van der Waals surface area contributed by atoms with Crippen LogP contribution in [0.5, 0.6) is 5.75 Å². The molecular formula is C27H18ClN3O6S2. The number of thiazole rings is 1. The molecule has 3 heterocycles. The van der Waals surface area contributed by atoms with E-state index in [9.17, 15) is 24.5 Å². The summed E-state index contributed by atoms with van der Waals surface area (Å²) in [5, 5.41) is 11.5. The Hall–Kier alpha value is -3.93. The zero-order valence-corrected chi connectivity index (χ0v) is 22.3. The van der Waals surface area contributed by atoms with E-state index in [1.807, 2.05) is 30.3 Å². The number of nitrogens with zero attached hydrogens (tertiary/aromatic N) is 2. The summed E-state index contributed by atoms with van der Waals surface area (Å²) in [5.74, 6) is -1.77. The van der Waals surface area contributed by atoms with Crippen molar-refractivity contribution in [2.75, 3.05) is 4.90 Å². The first-order chi connectivity index (χ1) is 18.8. The van der Waals surface area contributed by atoms with Crippen LogP contribution >= 0.6 is 34.7 Å². The second-order valence-electron chi connectivity index (χ2n) is 8.99. The normalized spacial score (nSPS) is 20.0. The van der Waals surface area contributed by atoms with E-state index in [0.29, 0.717) is 26.2 Å². The van der Waals surface area contributed by atoms with Crippen molar-refractivity contribution in [3.63, 3.8) is 0 Å². The Morgan fingerprint density at radius 3 is 2.41 bits per heavy atom. The van der Waals surface area contributed by atoms with Crippen molar-refractivity contribution in [2.24, 2.45) is 5.92 Å². The van der Waals surface area contributed by atoms with Crippen LogP contribution in [0.4, 0.5) is 11.4 Å². The predicted molar refractivity (Wildman–Crippen MR) is 148 cm³/mol. The molecule has 2 amide bonds. The highest BCUT2D eigenvalue weighted by molar-refractivity contribution is 8.00. The monoisotopic (exact) mass is 579 g/mol. The Morgan fingerprint density at radius 1 is 0.974 bits per heavy atom. The fourth-order valence-corrected chi connectivity index (χ4v) is 7.57. The molecule has 0 aliphatic carbocycles. The van der Waals surface area contributed by atoms with Crippen molar-refractivity contribution in [2.45, 2.75) is 22.8 Å². The number of hydrogen-bond donors (Lipinski definition) is 1. The lowest BCUT2D eigenvalue weighted by Crippen LogP contribution is -2.32. The highest BCUT2D eigenvalue weighted by atomic mass is 35.5. The zero-order valence-electron chi connectivity index (χ0n) is 19.9. The van der Waals surface area contributed by atoms with Crippen LogP contribution < -0.4 is 14.5 Å². The van der Waals surface area contributed by atoms with Gasteiger partial charge in [0.2, 0.25) is 11.8 Å². The van der Waals surface area contributed by atoms with Gasteiger partial charge in [0.1, 0.15) is 17.6 Å². The maximum Gasteiger partial charge on any atom is 0.305 e. The molecule has 6 rings (SSSR count). The van der Waals surface area contributed by atoms with Crippen LogP contribution in [0.3, 0.4) is 0 Å². The molecule has 0 bridgehead atoms. The number of ether oxygens (including phenoxy) is 1. The Morgan fingerprint density at radius 2 is 1.69 bits per heavy atom. The minimum Gasteiger partial charge on any atom is -0.489 e. The van der Waals surface area contributed by atoms with Gasteiger partial charge < -0.3 is 9.72 Å². The molecule has 1 fully saturated rings. The molecule has 39 heavy (non-hydrogen) atoms. The fourth-order valence-electron chi connectivity index (χ4n) is 4.94. The molecule has 0 spiro atoms. The Balaban J connectivity index is 1.40. The van der Waals surface area contributed by atoms with E-state index in [-0.39, 0.29) is 22.9 Å². The van der Waals surface area contributed by atoms with Crippen molar-refractivity contribution in [3.8, 4) is 5.75 Å². The lowest BCUT2D eigenvalue weighted by molar-refractivity contribution is -0.384. The Labute approximate surface area is 234 Å².